The summed E-state index contributed by atoms with van der Waals surface area (Å²) in [5.41, 5.74) is 7.40. The molecule has 6 heteroatoms. The van der Waals surface area contributed by atoms with E-state index in [0.717, 1.165) is 0 Å². The second kappa shape index (κ2) is 4.66. The highest BCUT2D eigenvalue weighted by Gasteiger charge is 2.17. The minimum absolute atomic E-state index is 0.137. The van der Waals surface area contributed by atoms with Gasteiger partial charge in [-0.2, -0.15) is 0 Å². The molecule has 18 heavy (non-hydrogen) atoms. The zero-order chi connectivity index (χ0) is 13.3. The molecule has 96 valence electrons. The number of fused-ring (bicyclic) bond motifs is 1. The number of imidazole rings is 1. The van der Waals surface area contributed by atoms with Crippen LogP contribution >= 0.6 is 0 Å². The fourth-order valence-electron chi connectivity index (χ4n) is 1.61. The van der Waals surface area contributed by atoms with Gasteiger partial charge in [-0.15, -0.1) is 0 Å². The molecule has 0 radical (unpaired) electrons. The van der Waals surface area contributed by atoms with E-state index in [-0.39, 0.29) is 23.6 Å². The topological polar surface area (TPSA) is 104 Å². The Morgan fingerprint density at radius 1 is 1.28 bits per heavy atom. The van der Waals surface area contributed by atoms with Crippen molar-refractivity contribution in [2.24, 2.45) is 11.7 Å². The molecule has 2 unspecified atom stereocenters. The van der Waals surface area contributed by atoms with E-state index in [9.17, 15) is 9.59 Å². The lowest BCUT2D eigenvalue weighted by Crippen LogP contribution is -2.34. The van der Waals surface area contributed by atoms with Gasteiger partial charge < -0.3 is 21.0 Å². The monoisotopic (exact) mass is 248 g/mol. The van der Waals surface area contributed by atoms with Crippen molar-refractivity contribution < 1.29 is 4.79 Å². The number of benzene rings is 1. The molecular formula is C12H16N4O2. The van der Waals surface area contributed by atoms with Crippen LogP contribution in [0.5, 0.6) is 0 Å². The largest absolute Gasteiger partial charge is 0.327 e. The third-order valence-corrected chi connectivity index (χ3v) is 2.99. The molecule has 0 aliphatic carbocycles. The number of hydrogen-bond acceptors (Lipinski definition) is 3. The van der Waals surface area contributed by atoms with Crippen molar-refractivity contribution in [2.75, 3.05) is 5.32 Å². The van der Waals surface area contributed by atoms with Gasteiger partial charge in [0.2, 0.25) is 5.91 Å². The average molecular weight is 248 g/mol. The zero-order valence-corrected chi connectivity index (χ0v) is 10.3. The Labute approximate surface area is 104 Å². The van der Waals surface area contributed by atoms with Crippen LogP contribution in [0.1, 0.15) is 13.8 Å². The maximum absolute atomic E-state index is 11.8. The summed E-state index contributed by atoms with van der Waals surface area (Å²) in [6, 6.07) is 4.97. The predicted molar refractivity (Wildman–Crippen MR) is 70.4 cm³/mol. The fourth-order valence-corrected chi connectivity index (χ4v) is 1.61. The van der Waals surface area contributed by atoms with Crippen molar-refractivity contribution in [3.05, 3.63) is 28.7 Å². The predicted octanol–water partition coefficient (Wildman–Crippen LogP) is 0.778. The highest BCUT2D eigenvalue weighted by molar-refractivity contribution is 5.94. The molecule has 0 bridgehead atoms. The number of nitrogens with one attached hydrogen (secondary N) is 3. The first-order valence-corrected chi connectivity index (χ1v) is 5.76. The zero-order valence-electron chi connectivity index (χ0n) is 10.3. The average Bonchev–Trinajstić information content (AvgIpc) is 2.67. The molecule has 1 amide bonds. The van der Waals surface area contributed by atoms with E-state index in [0.29, 0.717) is 16.7 Å². The molecule has 2 rings (SSSR count). The molecule has 1 aromatic heterocycles. The Bertz CT molecular complexity index is 626. The first-order valence-electron chi connectivity index (χ1n) is 5.76. The van der Waals surface area contributed by atoms with E-state index < -0.39 is 0 Å². The molecule has 0 saturated carbocycles. The van der Waals surface area contributed by atoms with Crippen LogP contribution in [0.3, 0.4) is 0 Å². The Hall–Kier alpha value is -2.08. The van der Waals surface area contributed by atoms with Gasteiger partial charge in [0.15, 0.2) is 0 Å². The molecule has 1 heterocycles. The molecule has 0 saturated heterocycles. The van der Waals surface area contributed by atoms with Crippen LogP contribution in [0.4, 0.5) is 5.69 Å². The number of amides is 1. The van der Waals surface area contributed by atoms with Gasteiger partial charge in [0, 0.05) is 11.7 Å². The Balaban J connectivity index is 2.21. The van der Waals surface area contributed by atoms with Crippen molar-refractivity contribution >= 4 is 22.6 Å². The lowest BCUT2D eigenvalue weighted by atomic mass is 10.0. The summed E-state index contributed by atoms with van der Waals surface area (Å²) < 4.78 is 0. The van der Waals surface area contributed by atoms with E-state index in [1.165, 1.54) is 0 Å². The standard InChI is InChI=1S/C12H16N4O2/c1-6(7(2)13)11(17)14-8-3-4-9-10(5-8)16-12(18)15-9/h3-7H,13H2,1-2H3,(H,14,17)(H2,15,16,18). The highest BCUT2D eigenvalue weighted by Crippen LogP contribution is 2.15. The summed E-state index contributed by atoms with van der Waals surface area (Å²) in [6.45, 7) is 3.56. The number of hydrogen-bond donors (Lipinski definition) is 4. The van der Waals surface area contributed by atoms with Gasteiger partial charge in [0.25, 0.3) is 0 Å². The van der Waals surface area contributed by atoms with Crippen molar-refractivity contribution in [3.8, 4) is 0 Å². The third kappa shape index (κ3) is 2.43. The molecular weight excluding hydrogens is 232 g/mol. The van der Waals surface area contributed by atoms with Crippen LogP contribution < -0.4 is 16.7 Å². The van der Waals surface area contributed by atoms with E-state index in [2.05, 4.69) is 15.3 Å². The summed E-state index contributed by atoms with van der Waals surface area (Å²) >= 11 is 0. The Morgan fingerprint density at radius 2 is 1.94 bits per heavy atom. The van der Waals surface area contributed by atoms with Gasteiger partial charge in [0.05, 0.1) is 17.0 Å². The van der Waals surface area contributed by atoms with Crippen molar-refractivity contribution in [2.45, 2.75) is 19.9 Å². The molecule has 0 fully saturated rings. The number of nitrogens with two attached hydrogens (primary N) is 1. The van der Waals surface area contributed by atoms with Crippen LogP contribution in [0.25, 0.3) is 11.0 Å². The minimum Gasteiger partial charge on any atom is -0.327 e. The first-order chi connectivity index (χ1) is 8.47. The molecule has 0 aliphatic rings. The second-order valence-electron chi connectivity index (χ2n) is 4.48. The van der Waals surface area contributed by atoms with Gasteiger partial charge in [-0.3, -0.25) is 4.79 Å². The van der Waals surface area contributed by atoms with E-state index >= 15 is 0 Å². The molecule has 6 nitrogen and oxygen atoms in total. The molecule has 1 aromatic carbocycles. The van der Waals surface area contributed by atoms with Crippen molar-refractivity contribution in [3.63, 3.8) is 0 Å². The van der Waals surface area contributed by atoms with Gasteiger partial charge >= 0.3 is 5.69 Å². The number of aromatic amines is 2. The van der Waals surface area contributed by atoms with E-state index in [1.54, 1.807) is 32.0 Å². The number of carbonyl (C=O) groups is 1. The smallest absolute Gasteiger partial charge is 0.323 e. The molecule has 2 atom stereocenters. The van der Waals surface area contributed by atoms with Gasteiger partial charge in [-0.25, -0.2) is 4.79 Å². The number of rotatable bonds is 3. The van der Waals surface area contributed by atoms with Crippen molar-refractivity contribution in [1.29, 1.82) is 0 Å². The van der Waals surface area contributed by atoms with Crippen LogP contribution in [0.15, 0.2) is 23.0 Å². The summed E-state index contributed by atoms with van der Waals surface area (Å²) in [5.74, 6) is -0.409. The van der Waals surface area contributed by atoms with Crippen LogP contribution in [0, 0.1) is 5.92 Å². The maximum atomic E-state index is 11.8. The lowest BCUT2D eigenvalue weighted by Gasteiger charge is -2.15. The number of carbonyl (C=O) groups excluding carboxylic acids is 1. The van der Waals surface area contributed by atoms with Gasteiger partial charge in [0.1, 0.15) is 0 Å². The quantitative estimate of drug-likeness (QED) is 0.645. The van der Waals surface area contributed by atoms with Crippen LogP contribution in [-0.2, 0) is 4.79 Å². The SMILES string of the molecule is CC(N)C(C)C(=O)Nc1ccc2[nH]c(=O)[nH]c2c1. The first kappa shape index (κ1) is 12.4. The van der Waals surface area contributed by atoms with Crippen LogP contribution in [-0.4, -0.2) is 21.9 Å². The van der Waals surface area contributed by atoms with E-state index in [4.69, 9.17) is 5.73 Å². The third-order valence-electron chi connectivity index (χ3n) is 2.99. The highest BCUT2D eigenvalue weighted by atomic mass is 16.2. The normalized spacial score (nSPS) is 14.4. The Kier molecular flexibility index (Phi) is 3.20. The van der Waals surface area contributed by atoms with Gasteiger partial charge in [-0.05, 0) is 25.1 Å². The van der Waals surface area contributed by atoms with Gasteiger partial charge in [-0.1, -0.05) is 6.92 Å². The summed E-state index contributed by atoms with van der Waals surface area (Å²) in [7, 11) is 0. The summed E-state index contributed by atoms with van der Waals surface area (Å²) in [6.07, 6.45) is 0. The molecule has 5 N–H and O–H groups in total. The number of H-pyrrole nitrogens is 2. The Morgan fingerprint density at radius 3 is 2.61 bits per heavy atom. The maximum Gasteiger partial charge on any atom is 0.323 e. The van der Waals surface area contributed by atoms with E-state index in [1.807, 2.05) is 0 Å². The second-order valence-corrected chi connectivity index (χ2v) is 4.48. The number of aromatic nitrogens is 2. The summed E-state index contributed by atoms with van der Waals surface area (Å²) in [4.78, 5) is 28.2. The number of anilines is 1. The minimum atomic E-state index is -0.272. The lowest BCUT2D eigenvalue weighted by molar-refractivity contribution is -0.119. The van der Waals surface area contributed by atoms with Crippen molar-refractivity contribution in [1.82, 2.24) is 9.97 Å². The van der Waals surface area contributed by atoms with Crippen LogP contribution in [0.2, 0.25) is 0 Å². The summed E-state index contributed by atoms with van der Waals surface area (Å²) in [5, 5.41) is 2.77. The molecule has 0 aliphatic heterocycles. The molecule has 0 spiro atoms. The molecule has 2 aromatic rings. The fraction of sp³-hybridized carbons (Fsp3) is 0.333.